The van der Waals surface area contributed by atoms with E-state index in [4.69, 9.17) is 9.15 Å². The van der Waals surface area contributed by atoms with Gasteiger partial charge in [0.25, 0.3) is 5.95 Å². The molecule has 34 heavy (non-hydrogen) atoms. The van der Waals surface area contributed by atoms with Gasteiger partial charge in [-0.1, -0.05) is 70.6 Å². The van der Waals surface area contributed by atoms with Gasteiger partial charge < -0.3 is 19.4 Å². The van der Waals surface area contributed by atoms with Crippen LogP contribution in [0.15, 0.2) is 44.5 Å². The second-order valence-corrected chi connectivity index (χ2v) is 8.24. The molecule has 2 N–H and O–H groups in total. The summed E-state index contributed by atoms with van der Waals surface area (Å²) in [6, 6.07) is 9.88. The SMILES string of the molecule is CCC(=O)c1c(O)oc(=O)c(C(CC)=NCCCCCCCCCCOc2ccccc2)c1O. The van der Waals surface area contributed by atoms with Crippen molar-refractivity contribution in [2.75, 3.05) is 13.2 Å². The van der Waals surface area contributed by atoms with Crippen molar-refractivity contribution in [3.63, 3.8) is 0 Å². The summed E-state index contributed by atoms with van der Waals surface area (Å²) in [5.41, 5.74) is -0.996. The smallest absolute Gasteiger partial charge is 0.351 e. The van der Waals surface area contributed by atoms with Crippen molar-refractivity contribution in [1.82, 2.24) is 0 Å². The second-order valence-electron chi connectivity index (χ2n) is 8.24. The Bertz CT molecular complexity index is 981. The molecule has 0 atom stereocenters. The van der Waals surface area contributed by atoms with Crippen molar-refractivity contribution >= 4 is 11.5 Å². The Balaban J connectivity index is 1.68. The number of hydrogen-bond acceptors (Lipinski definition) is 7. The number of ether oxygens (including phenoxy) is 1. The lowest BCUT2D eigenvalue weighted by Crippen LogP contribution is -2.17. The molecule has 1 aromatic heterocycles. The molecule has 1 aromatic carbocycles. The third-order valence-electron chi connectivity index (χ3n) is 5.67. The first-order valence-corrected chi connectivity index (χ1v) is 12.3. The van der Waals surface area contributed by atoms with Gasteiger partial charge >= 0.3 is 5.63 Å². The van der Waals surface area contributed by atoms with Gasteiger partial charge in [0.05, 0.1) is 12.3 Å². The third kappa shape index (κ3) is 8.36. The topological polar surface area (TPSA) is 109 Å². The lowest BCUT2D eigenvalue weighted by molar-refractivity contribution is 0.0976. The number of rotatable bonds is 16. The van der Waals surface area contributed by atoms with E-state index in [1.165, 1.54) is 19.3 Å². The zero-order valence-corrected chi connectivity index (χ0v) is 20.3. The van der Waals surface area contributed by atoms with Crippen LogP contribution in [0.1, 0.15) is 94.0 Å². The van der Waals surface area contributed by atoms with E-state index in [0.717, 1.165) is 44.5 Å². The van der Waals surface area contributed by atoms with Crippen LogP contribution in [0.2, 0.25) is 0 Å². The Morgan fingerprint density at radius 2 is 1.50 bits per heavy atom. The van der Waals surface area contributed by atoms with E-state index in [1.807, 2.05) is 37.3 Å². The van der Waals surface area contributed by atoms with Crippen LogP contribution in [0.4, 0.5) is 0 Å². The molecule has 0 aliphatic heterocycles. The number of Topliss-reactive ketones (excluding diaryl/α,β-unsaturated/α-hetero) is 1. The van der Waals surface area contributed by atoms with Crippen molar-refractivity contribution in [2.45, 2.75) is 78.1 Å². The summed E-state index contributed by atoms with van der Waals surface area (Å²) < 4.78 is 10.5. The number of aromatic hydroxyl groups is 2. The fraction of sp³-hybridized carbons (Fsp3) is 0.519. The molecule has 7 heteroatoms. The first-order chi connectivity index (χ1) is 16.5. The van der Waals surface area contributed by atoms with Gasteiger partial charge in [-0.25, -0.2) is 4.79 Å². The summed E-state index contributed by atoms with van der Waals surface area (Å²) in [6.45, 7) is 4.69. The van der Waals surface area contributed by atoms with Gasteiger partial charge in [-0.05, 0) is 31.4 Å². The standard InChI is InChI=1S/C27H37NO6/c1-3-21(23-25(30)24(22(29)4-2)27(32)34-26(23)31)28-18-14-9-7-5-6-8-10-15-19-33-20-16-12-11-13-17-20/h11-13,16-17,30,32H,3-10,14-15,18-19H2,1-2H3. The van der Waals surface area contributed by atoms with Crippen molar-refractivity contribution in [3.8, 4) is 17.4 Å². The molecule has 7 nitrogen and oxygen atoms in total. The van der Waals surface area contributed by atoms with Crippen LogP contribution in [-0.4, -0.2) is 34.9 Å². The normalized spacial score (nSPS) is 11.5. The summed E-state index contributed by atoms with van der Waals surface area (Å²) in [5, 5.41) is 20.2. The fourth-order valence-electron chi connectivity index (χ4n) is 3.76. The Morgan fingerprint density at radius 3 is 2.12 bits per heavy atom. The van der Waals surface area contributed by atoms with E-state index in [1.54, 1.807) is 6.92 Å². The van der Waals surface area contributed by atoms with Crippen LogP contribution in [-0.2, 0) is 0 Å². The molecule has 0 aliphatic rings. The van der Waals surface area contributed by atoms with Crippen LogP contribution in [0, 0.1) is 0 Å². The average molecular weight is 472 g/mol. The summed E-state index contributed by atoms with van der Waals surface area (Å²) in [6.07, 6.45) is 9.30. The van der Waals surface area contributed by atoms with Crippen molar-refractivity contribution < 1.29 is 24.2 Å². The zero-order valence-electron chi connectivity index (χ0n) is 20.3. The molecule has 0 fully saturated rings. The molecule has 0 saturated heterocycles. The van der Waals surface area contributed by atoms with Crippen LogP contribution in [0.25, 0.3) is 0 Å². The van der Waals surface area contributed by atoms with Gasteiger partial charge in [-0.3, -0.25) is 9.79 Å². The van der Waals surface area contributed by atoms with E-state index >= 15 is 0 Å². The van der Waals surface area contributed by atoms with E-state index < -0.39 is 23.1 Å². The summed E-state index contributed by atoms with van der Waals surface area (Å²) in [5.74, 6) is -0.973. The Hall–Kier alpha value is -3.09. The molecule has 0 amide bonds. The van der Waals surface area contributed by atoms with E-state index in [2.05, 4.69) is 4.99 Å². The molecule has 0 radical (unpaired) electrons. The van der Waals surface area contributed by atoms with Gasteiger partial charge in [-0.15, -0.1) is 0 Å². The predicted molar refractivity (Wildman–Crippen MR) is 133 cm³/mol. The monoisotopic (exact) mass is 471 g/mol. The number of benzene rings is 1. The molecule has 2 aromatic rings. The highest BCUT2D eigenvalue weighted by Crippen LogP contribution is 2.30. The van der Waals surface area contributed by atoms with Gasteiger partial charge in [-0.2, -0.15) is 0 Å². The number of hydrogen-bond donors (Lipinski definition) is 2. The largest absolute Gasteiger partial charge is 0.506 e. The van der Waals surface area contributed by atoms with Gasteiger partial charge in [0.2, 0.25) is 0 Å². The number of ketones is 1. The second kappa shape index (κ2) is 14.9. The van der Waals surface area contributed by atoms with Crippen LogP contribution >= 0.6 is 0 Å². The number of para-hydroxylation sites is 1. The van der Waals surface area contributed by atoms with E-state index in [0.29, 0.717) is 18.7 Å². The highest BCUT2D eigenvalue weighted by atomic mass is 16.5. The molecule has 186 valence electrons. The summed E-state index contributed by atoms with van der Waals surface area (Å²) >= 11 is 0. The summed E-state index contributed by atoms with van der Waals surface area (Å²) in [7, 11) is 0. The molecule has 0 saturated carbocycles. The molecule has 2 rings (SSSR count). The van der Waals surface area contributed by atoms with Crippen molar-refractivity contribution in [2.24, 2.45) is 4.99 Å². The fourth-order valence-corrected chi connectivity index (χ4v) is 3.76. The Labute approximate surface area is 201 Å². The predicted octanol–water partition coefficient (Wildman–Crippen LogP) is 6.04. The maximum atomic E-state index is 12.2. The third-order valence-corrected chi connectivity index (χ3v) is 5.67. The van der Waals surface area contributed by atoms with Crippen molar-refractivity contribution in [1.29, 1.82) is 0 Å². The van der Waals surface area contributed by atoms with Crippen LogP contribution in [0.5, 0.6) is 17.4 Å². The number of nitrogens with zero attached hydrogens (tertiary/aromatic N) is 1. The lowest BCUT2D eigenvalue weighted by Gasteiger charge is -2.10. The summed E-state index contributed by atoms with van der Waals surface area (Å²) in [4.78, 5) is 28.7. The average Bonchev–Trinajstić information content (AvgIpc) is 2.83. The number of carbonyl (C=O) groups is 1. The number of unbranched alkanes of at least 4 members (excludes halogenated alkanes) is 7. The maximum absolute atomic E-state index is 12.2. The number of aliphatic imine (C=N–C) groups is 1. The first-order valence-electron chi connectivity index (χ1n) is 12.3. The highest BCUT2D eigenvalue weighted by molar-refractivity contribution is 6.07. The maximum Gasteiger partial charge on any atom is 0.351 e. The van der Waals surface area contributed by atoms with E-state index in [9.17, 15) is 19.8 Å². The molecule has 0 spiro atoms. The Kier molecular flexibility index (Phi) is 11.9. The van der Waals surface area contributed by atoms with E-state index in [-0.39, 0.29) is 17.5 Å². The molecule has 1 heterocycles. The highest BCUT2D eigenvalue weighted by Gasteiger charge is 2.25. The molecule has 0 aliphatic carbocycles. The number of carbonyl (C=O) groups excluding carboxylic acids is 1. The van der Waals surface area contributed by atoms with Gasteiger partial charge in [0.1, 0.15) is 22.6 Å². The molecule has 0 unspecified atom stereocenters. The molecular formula is C27H37NO6. The molecule has 0 bridgehead atoms. The zero-order chi connectivity index (χ0) is 24.8. The minimum atomic E-state index is -0.891. The lowest BCUT2D eigenvalue weighted by atomic mass is 10.0. The first kappa shape index (κ1) is 27.2. The minimum absolute atomic E-state index is 0.0638. The van der Waals surface area contributed by atoms with Crippen LogP contribution in [0.3, 0.4) is 0 Å². The molecular weight excluding hydrogens is 434 g/mol. The Morgan fingerprint density at radius 1 is 0.882 bits per heavy atom. The minimum Gasteiger partial charge on any atom is -0.506 e. The van der Waals surface area contributed by atoms with Gasteiger partial charge in [0, 0.05) is 13.0 Å². The quantitative estimate of drug-likeness (QED) is 0.175. The van der Waals surface area contributed by atoms with Crippen molar-refractivity contribution in [3.05, 3.63) is 51.9 Å². The van der Waals surface area contributed by atoms with Crippen LogP contribution < -0.4 is 10.4 Å². The van der Waals surface area contributed by atoms with Gasteiger partial charge in [0.15, 0.2) is 5.78 Å².